The highest BCUT2D eigenvalue weighted by Gasteiger charge is 2.38. The zero-order valence-electron chi connectivity index (χ0n) is 10.7. The molecule has 2 unspecified atom stereocenters. The fourth-order valence-corrected chi connectivity index (χ4v) is 3.16. The van der Waals surface area contributed by atoms with Gasteiger partial charge in [-0.1, -0.05) is 12.8 Å². The summed E-state index contributed by atoms with van der Waals surface area (Å²) >= 11 is 0. The molecule has 0 bridgehead atoms. The van der Waals surface area contributed by atoms with Crippen LogP contribution in [0.15, 0.2) is 0 Å². The molecule has 0 aromatic carbocycles. The molecule has 98 valence electrons. The molecule has 1 heterocycles. The molecule has 0 spiro atoms. The van der Waals surface area contributed by atoms with Crippen molar-refractivity contribution in [3.05, 3.63) is 11.6 Å². The van der Waals surface area contributed by atoms with Gasteiger partial charge in [0.25, 0.3) is 0 Å². The van der Waals surface area contributed by atoms with Crippen LogP contribution in [0.1, 0.15) is 62.1 Å². The summed E-state index contributed by atoms with van der Waals surface area (Å²) in [5.41, 5.74) is 0. The Hall–Kier alpha value is -1.39. The minimum atomic E-state index is -0.678. The van der Waals surface area contributed by atoms with Gasteiger partial charge in [-0.15, -0.1) is 10.2 Å². The SMILES string of the molecule is Cc1nnc(C2CCCCC2C(=O)O)n1C1CC1. The fourth-order valence-electron chi connectivity index (χ4n) is 3.16. The van der Waals surface area contributed by atoms with Crippen LogP contribution in [-0.4, -0.2) is 25.8 Å². The number of nitrogens with zero attached hydrogens (tertiary/aromatic N) is 3. The van der Waals surface area contributed by atoms with Crippen LogP contribution in [0, 0.1) is 12.8 Å². The number of aromatic nitrogens is 3. The van der Waals surface area contributed by atoms with Crippen molar-refractivity contribution in [3.8, 4) is 0 Å². The number of hydrogen-bond donors (Lipinski definition) is 1. The third kappa shape index (κ3) is 1.91. The number of hydrogen-bond acceptors (Lipinski definition) is 3. The molecule has 0 radical (unpaired) electrons. The van der Waals surface area contributed by atoms with Gasteiger partial charge in [-0.3, -0.25) is 4.79 Å². The van der Waals surface area contributed by atoms with Gasteiger partial charge in [0.15, 0.2) is 0 Å². The first-order chi connectivity index (χ1) is 8.68. The van der Waals surface area contributed by atoms with Crippen LogP contribution in [0.4, 0.5) is 0 Å². The Kier molecular flexibility index (Phi) is 2.84. The van der Waals surface area contributed by atoms with Gasteiger partial charge in [-0.25, -0.2) is 0 Å². The number of aliphatic carboxylic acids is 1. The van der Waals surface area contributed by atoms with E-state index in [2.05, 4.69) is 14.8 Å². The van der Waals surface area contributed by atoms with Gasteiger partial charge in [0.05, 0.1) is 5.92 Å². The maximum atomic E-state index is 11.4. The van der Waals surface area contributed by atoms with Gasteiger partial charge >= 0.3 is 5.97 Å². The van der Waals surface area contributed by atoms with Crippen molar-refractivity contribution in [1.82, 2.24) is 14.8 Å². The van der Waals surface area contributed by atoms with Crippen LogP contribution < -0.4 is 0 Å². The van der Waals surface area contributed by atoms with E-state index < -0.39 is 5.97 Å². The van der Waals surface area contributed by atoms with Crippen molar-refractivity contribution in [2.24, 2.45) is 5.92 Å². The largest absolute Gasteiger partial charge is 0.481 e. The summed E-state index contributed by atoms with van der Waals surface area (Å²) in [5, 5.41) is 17.8. The van der Waals surface area contributed by atoms with Crippen LogP contribution in [0.5, 0.6) is 0 Å². The molecule has 1 N–H and O–H groups in total. The van der Waals surface area contributed by atoms with Crippen molar-refractivity contribution >= 4 is 5.97 Å². The van der Waals surface area contributed by atoms with Gasteiger partial charge < -0.3 is 9.67 Å². The highest BCUT2D eigenvalue weighted by atomic mass is 16.4. The van der Waals surface area contributed by atoms with Crippen LogP contribution >= 0.6 is 0 Å². The molecule has 2 atom stereocenters. The summed E-state index contributed by atoms with van der Waals surface area (Å²) < 4.78 is 2.19. The van der Waals surface area contributed by atoms with Crippen molar-refractivity contribution in [1.29, 1.82) is 0 Å². The van der Waals surface area contributed by atoms with Gasteiger partial charge in [-0.2, -0.15) is 0 Å². The molecule has 0 amide bonds. The summed E-state index contributed by atoms with van der Waals surface area (Å²) in [5.74, 6) is 0.949. The summed E-state index contributed by atoms with van der Waals surface area (Å²) in [6, 6.07) is 0.520. The van der Waals surface area contributed by atoms with Gasteiger partial charge in [0.1, 0.15) is 11.6 Å². The number of carboxylic acids is 1. The predicted octanol–water partition coefficient (Wildman–Crippen LogP) is 2.28. The van der Waals surface area contributed by atoms with E-state index in [0.717, 1.165) is 37.3 Å². The molecule has 1 aromatic heterocycles. The molecule has 18 heavy (non-hydrogen) atoms. The monoisotopic (exact) mass is 249 g/mol. The minimum absolute atomic E-state index is 0.0537. The smallest absolute Gasteiger partial charge is 0.307 e. The maximum Gasteiger partial charge on any atom is 0.307 e. The Morgan fingerprint density at radius 3 is 2.61 bits per heavy atom. The molecule has 2 saturated carbocycles. The lowest BCUT2D eigenvalue weighted by Crippen LogP contribution is -2.27. The normalized spacial score (nSPS) is 28.3. The number of carboxylic acid groups (broad SMARTS) is 1. The molecule has 5 heteroatoms. The number of rotatable bonds is 3. The second kappa shape index (κ2) is 4.37. The van der Waals surface area contributed by atoms with Crippen LogP contribution in [0.25, 0.3) is 0 Å². The summed E-state index contributed by atoms with van der Waals surface area (Å²) in [4.78, 5) is 11.4. The maximum absolute atomic E-state index is 11.4. The second-order valence-electron chi connectivity index (χ2n) is 5.54. The minimum Gasteiger partial charge on any atom is -0.481 e. The molecule has 2 aliphatic rings. The topological polar surface area (TPSA) is 68.0 Å². The highest BCUT2D eigenvalue weighted by Crippen LogP contribution is 2.42. The van der Waals surface area contributed by atoms with E-state index in [0.29, 0.717) is 6.04 Å². The summed E-state index contributed by atoms with van der Waals surface area (Å²) in [6.07, 6.45) is 6.18. The quantitative estimate of drug-likeness (QED) is 0.892. The third-order valence-corrected chi connectivity index (χ3v) is 4.22. The van der Waals surface area contributed by atoms with Crippen molar-refractivity contribution in [2.45, 2.75) is 57.4 Å². The molecule has 5 nitrogen and oxygen atoms in total. The zero-order valence-corrected chi connectivity index (χ0v) is 10.7. The van der Waals surface area contributed by atoms with E-state index in [1.54, 1.807) is 0 Å². The van der Waals surface area contributed by atoms with E-state index in [4.69, 9.17) is 0 Å². The zero-order chi connectivity index (χ0) is 12.7. The van der Waals surface area contributed by atoms with Gasteiger partial charge in [0.2, 0.25) is 0 Å². The first-order valence-corrected chi connectivity index (χ1v) is 6.82. The Morgan fingerprint density at radius 2 is 1.94 bits per heavy atom. The van der Waals surface area contributed by atoms with E-state index in [1.807, 2.05) is 6.92 Å². The summed E-state index contributed by atoms with van der Waals surface area (Å²) in [6.45, 7) is 1.97. The average molecular weight is 249 g/mol. The van der Waals surface area contributed by atoms with Crippen molar-refractivity contribution in [3.63, 3.8) is 0 Å². The first kappa shape index (κ1) is 11.7. The van der Waals surface area contributed by atoms with Crippen molar-refractivity contribution < 1.29 is 9.90 Å². The Bertz CT molecular complexity index is 465. The Balaban J connectivity index is 1.94. The third-order valence-electron chi connectivity index (χ3n) is 4.22. The lowest BCUT2D eigenvalue weighted by atomic mass is 9.78. The second-order valence-corrected chi connectivity index (χ2v) is 5.54. The molecule has 1 aromatic rings. The van der Waals surface area contributed by atoms with Crippen molar-refractivity contribution in [2.75, 3.05) is 0 Å². The highest BCUT2D eigenvalue weighted by molar-refractivity contribution is 5.71. The molecular formula is C13H19N3O2. The Morgan fingerprint density at radius 1 is 1.22 bits per heavy atom. The standard InChI is InChI=1S/C13H19N3O2/c1-8-14-15-12(16(8)9-6-7-9)10-4-2-3-5-11(10)13(17)18/h9-11H,2-7H2,1H3,(H,17,18). The molecular weight excluding hydrogens is 230 g/mol. The van der Waals surface area contributed by atoms with Gasteiger partial charge in [0, 0.05) is 12.0 Å². The lowest BCUT2D eigenvalue weighted by Gasteiger charge is -2.28. The molecule has 2 fully saturated rings. The Labute approximate surface area is 106 Å². The molecule has 0 saturated heterocycles. The van der Waals surface area contributed by atoms with E-state index in [9.17, 15) is 9.90 Å². The first-order valence-electron chi connectivity index (χ1n) is 6.82. The predicted molar refractivity (Wildman–Crippen MR) is 65.4 cm³/mol. The van der Waals surface area contributed by atoms with Crippen LogP contribution in [-0.2, 0) is 4.79 Å². The van der Waals surface area contributed by atoms with Crippen LogP contribution in [0.3, 0.4) is 0 Å². The van der Waals surface area contributed by atoms with E-state index in [-0.39, 0.29) is 11.8 Å². The fraction of sp³-hybridized carbons (Fsp3) is 0.769. The molecule has 0 aliphatic heterocycles. The van der Waals surface area contributed by atoms with E-state index in [1.165, 1.54) is 12.8 Å². The number of aryl methyl sites for hydroxylation is 1. The lowest BCUT2D eigenvalue weighted by molar-refractivity contribution is -0.143. The van der Waals surface area contributed by atoms with Gasteiger partial charge in [-0.05, 0) is 32.6 Å². The molecule has 2 aliphatic carbocycles. The average Bonchev–Trinajstić information content (AvgIpc) is 3.12. The summed E-state index contributed by atoms with van der Waals surface area (Å²) in [7, 11) is 0. The number of carbonyl (C=O) groups is 1. The van der Waals surface area contributed by atoms with E-state index >= 15 is 0 Å². The molecule has 3 rings (SSSR count). The van der Waals surface area contributed by atoms with Crippen LogP contribution in [0.2, 0.25) is 0 Å².